The first-order chi connectivity index (χ1) is 9.91. The molecule has 1 aliphatic carbocycles. The Morgan fingerprint density at radius 2 is 1.57 bits per heavy atom. The van der Waals surface area contributed by atoms with Gasteiger partial charge in [0.05, 0.1) is 6.26 Å². The highest BCUT2D eigenvalue weighted by atomic mass is 32.2. The molecular formula is C15H28N2O3S. The molecule has 1 atom stereocenters. The fourth-order valence-corrected chi connectivity index (χ4v) is 4.73. The zero-order valence-corrected chi connectivity index (χ0v) is 14.1. The molecule has 122 valence electrons. The van der Waals surface area contributed by atoms with Gasteiger partial charge in [-0.3, -0.25) is 4.79 Å². The molecule has 6 heteroatoms. The second kappa shape index (κ2) is 7.09. The summed E-state index contributed by atoms with van der Waals surface area (Å²) < 4.78 is 25.2. The minimum Gasteiger partial charge on any atom is -0.341 e. The largest absolute Gasteiger partial charge is 0.341 e. The number of amides is 1. The molecule has 1 amide bonds. The van der Waals surface area contributed by atoms with E-state index in [-0.39, 0.29) is 11.9 Å². The second-order valence-electron chi connectivity index (χ2n) is 6.48. The molecule has 0 radical (unpaired) electrons. The summed E-state index contributed by atoms with van der Waals surface area (Å²) in [5, 5.41) is 0. The van der Waals surface area contributed by atoms with Crippen molar-refractivity contribution in [2.45, 2.75) is 69.9 Å². The van der Waals surface area contributed by atoms with Gasteiger partial charge in [0.1, 0.15) is 6.04 Å². The third-order valence-electron chi connectivity index (χ3n) is 4.88. The highest BCUT2D eigenvalue weighted by Crippen LogP contribution is 2.25. The van der Waals surface area contributed by atoms with Crippen molar-refractivity contribution in [3.8, 4) is 0 Å². The lowest BCUT2D eigenvalue weighted by atomic mass is 10.0. The third-order valence-corrected chi connectivity index (χ3v) is 6.17. The summed E-state index contributed by atoms with van der Waals surface area (Å²) in [6.45, 7) is 0.480. The van der Waals surface area contributed by atoms with Crippen LogP contribution in [0.5, 0.6) is 0 Å². The van der Waals surface area contributed by atoms with Crippen molar-refractivity contribution < 1.29 is 13.2 Å². The van der Waals surface area contributed by atoms with Crippen molar-refractivity contribution >= 4 is 15.9 Å². The van der Waals surface area contributed by atoms with Crippen molar-refractivity contribution in [3.05, 3.63) is 0 Å². The average Bonchev–Trinajstić information content (AvgIpc) is 2.74. The number of carbonyl (C=O) groups is 1. The lowest BCUT2D eigenvalue weighted by Crippen LogP contribution is -2.53. The maximum absolute atomic E-state index is 12.8. The van der Waals surface area contributed by atoms with E-state index >= 15 is 0 Å². The predicted molar refractivity (Wildman–Crippen MR) is 83.4 cm³/mol. The Bertz CT molecular complexity index is 456. The van der Waals surface area contributed by atoms with Crippen LogP contribution in [0.25, 0.3) is 0 Å². The van der Waals surface area contributed by atoms with Crippen LogP contribution < -0.4 is 0 Å². The predicted octanol–water partition coefficient (Wildman–Crippen LogP) is 1.98. The minimum atomic E-state index is -3.31. The Morgan fingerprint density at radius 3 is 2.14 bits per heavy atom. The number of rotatable bonds is 3. The summed E-state index contributed by atoms with van der Waals surface area (Å²) in [5.41, 5.74) is 0. The molecule has 2 aliphatic rings. The van der Waals surface area contributed by atoms with Crippen molar-refractivity contribution in [1.29, 1.82) is 0 Å². The van der Waals surface area contributed by atoms with Crippen LogP contribution in [0.1, 0.15) is 57.8 Å². The van der Waals surface area contributed by atoms with E-state index in [4.69, 9.17) is 0 Å². The maximum Gasteiger partial charge on any atom is 0.241 e. The summed E-state index contributed by atoms with van der Waals surface area (Å²) in [5.74, 6) is -0.00738. The summed E-state index contributed by atoms with van der Waals surface area (Å²) >= 11 is 0. The van der Waals surface area contributed by atoms with Crippen LogP contribution in [0.4, 0.5) is 0 Å². The van der Waals surface area contributed by atoms with Gasteiger partial charge >= 0.3 is 0 Å². The van der Waals surface area contributed by atoms with Crippen LogP contribution in [0.2, 0.25) is 0 Å². The Labute approximate surface area is 128 Å². The van der Waals surface area contributed by atoms with E-state index in [1.807, 2.05) is 11.9 Å². The van der Waals surface area contributed by atoms with Crippen LogP contribution >= 0.6 is 0 Å². The molecular weight excluding hydrogens is 288 g/mol. The van der Waals surface area contributed by atoms with E-state index in [1.54, 1.807) is 0 Å². The third kappa shape index (κ3) is 4.19. The lowest BCUT2D eigenvalue weighted by molar-refractivity contribution is -0.137. The minimum absolute atomic E-state index is 0.00738. The first-order valence-corrected chi connectivity index (χ1v) is 9.99. The smallest absolute Gasteiger partial charge is 0.241 e. The molecule has 5 nitrogen and oxygen atoms in total. The monoisotopic (exact) mass is 316 g/mol. The Hall–Kier alpha value is -0.620. The van der Waals surface area contributed by atoms with Gasteiger partial charge in [-0.15, -0.1) is 0 Å². The molecule has 0 aromatic heterocycles. The molecule has 2 rings (SSSR count). The highest BCUT2D eigenvalue weighted by molar-refractivity contribution is 7.88. The van der Waals surface area contributed by atoms with Gasteiger partial charge in [-0.2, -0.15) is 4.31 Å². The van der Waals surface area contributed by atoms with Gasteiger partial charge < -0.3 is 4.90 Å². The second-order valence-corrected chi connectivity index (χ2v) is 8.41. The first-order valence-electron chi connectivity index (χ1n) is 8.15. The van der Waals surface area contributed by atoms with E-state index in [0.717, 1.165) is 25.7 Å². The standard InChI is InChI=1S/C15H28N2O3S/c1-16(13-9-5-3-4-6-10-13)15(18)14-11-7-8-12-17(14)21(2,19)20/h13-14H,3-12H2,1-2H3/t14-/m1/s1. The average molecular weight is 316 g/mol. The molecule has 21 heavy (non-hydrogen) atoms. The molecule has 0 unspecified atom stereocenters. The fourth-order valence-electron chi connectivity index (χ4n) is 3.61. The number of likely N-dealkylation sites (N-methyl/N-ethyl adjacent to an activating group) is 1. The topological polar surface area (TPSA) is 57.7 Å². The Morgan fingerprint density at radius 1 is 1.00 bits per heavy atom. The molecule has 0 aromatic rings. The van der Waals surface area contributed by atoms with Crippen LogP contribution in [0.3, 0.4) is 0 Å². The quantitative estimate of drug-likeness (QED) is 0.748. The van der Waals surface area contributed by atoms with E-state index in [9.17, 15) is 13.2 Å². The molecule has 1 heterocycles. The summed E-state index contributed by atoms with van der Waals surface area (Å²) in [6.07, 6.45) is 10.6. The normalized spacial score (nSPS) is 26.3. The van der Waals surface area contributed by atoms with Crippen molar-refractivity contribution in [2.75, 3.05) is 19.8 Å². The van der Waals surface area contributed by atoms with Gasteiger partial charge in [-0.1, -0.05) is 32.1 Å². The number of hydrogen-bond acceptors (Lipinski definition) is 3. The van der Waals surface area contributed by atoms with Gasteiger partial charge in [-0.25, -0.2) is 8.42 Å². The molecule has 0 bridgehead atoms. The summed E-state index contributed by atoms with van der Waals surface area (Å²) in [6, 6.07) is -0.203. The molecule has 1 saturated carbocycles. The molecule has 0 aromatic carbocycles. The van der Waals surface area contributed by atoms with E-state index in [0.29, 0.717) is 13.0 Å². The lowest BCUT2D eigenvalue weighted by Gasteiger charge is -2.37. The van der Waals surface area contributed by atoms with Crippen LogP contribution in [0.15, 0.2) is 0 Å². The Balaban J connectivity index is 2.08. The van der Waals surface area contributed by atoms with E-state index < -0.39 is 16.1 Å². The van der Waals surface area contributed by atoms with Crippen LogP contribution in [-0.4, -0.2) is 55.5 Å². The van der Waals surface area contributed by atoms with E-state index in [1.165, 1.54) is 36.2 Å². The van der Waals surface area contributed by atoms with Gasteiger partial charge in [0.25, 0.3) is 0 Å². The number of piperidine rings is 1. The van der Waals surface area contributed by atoms with Crippen molar-refractivity contribution in [3.63, 3.8) is 0 Å². The van der Waals surface area contributed by atoms with Crippen LogP contribution in [-0.2, 0) is 14.8 Å². The molecule has 1 saturated heterocycles. The van der Waals surface area contributed by atoms with Crippen LogP contribution in [0, 0.1) is 0 Å². The maximum atomic E-state index is 12.8. The molecule has 2 fully saturated rings. The zero-order valence-electron chi connectivity index (χ0n) is 13.3. The summed E-state index contributed by atoms with van der Waals surface area (Å²) in [4.78, 5) is 14.6. The number of carbonyl (C=O) groups excluding carboxylic acids is 1. The van der Waals surface area contributed by atoms with Gasteiger partial charge in [-0.05, 0) is 25.7 Å². The van der Waals surface area contributed by atoms with Gasteiger partial charge in [0, 0.05) is 19.6 Å². The number of nitrogens with zero attached hydrogens (tertiary/aromatic N) is 2. The van der Waals surface area contributed by atoms with E-state index in [2.05, 4.69) is 0 Å². The SMILES string of the molecule is CN(C(=O)[C@H]1CCCCN1S(C)(=O)=O)C1CCCCCC1. The number of hydrogen-bond donors (Lipinski definition) is 0. The molecule has 1 aliphatic heterocycles. The summed E-state index contributed by atoms with van der Waals surface area (Å²) in [7, 11) is -1.45. The molecule has 0 N–H and O–H groups in total. The van der Waals surface area contributed by atoms with Gasteiger partial charge in [0.15, 0.2) is 0 Å². The molecule has 0 spiro atoms. The van der Waals surface area contributed by atoms with Crippen molar-refractivity contribution in [1.82, 2.24) is 9.21 Å². The van der Waals surface area contributed by atoms with Crippen molar-refractivity contribution in [2.24, 2.45) is 0 Å². The Kier molecular flexibility index (Phi) is 5.66. The highest BCUT2D eigenvalue weighted by Gasteiger charge is 2.37. The fraction of sp³-hybridized carbons (Fsp3) is 0.933. The number of sulfonamides is 1. The van der Waals surface area contributed by atoms with Gasteiger partial charge in [0.2, 0.25) is 15.9 Å². The first kappa shape index (κ1) is 16.7. The zero-order chi connectivity index (χ0) is 15.5.